The van der Waals surface area contributed by atoms with E-state index >= 15 is 0 Å². The van der Waals surface area contributed by atoms with Crippen LogP contribution in [-0.4, -0.2) is 6.61 Å². The van der Waals surface area contributed by atoms with Crippen molar-refractivity contribution in [1.29, 1.82) is 0 Å². The first-order valence-corrected chi connectivity index (χ1v) is 4.72. The first kappa shape index (κ1) is 10.1. The SMILES string of the molecule is CCCOc1cccc([C@H](C)N)c1. The molecule has 1 aromatic carbocycles. The van der Waals surface area contributed by atoms with Crippen molar-refractivity contribution >= 4 is 0 Å². The van der Waals surface area contributed by atoms with Crippen LogP contribution in [0.3, 0.4) is 0 Å². The van der Waals surface area contributed by atoms with Crippen LogP contribution < -0.4 is 10.5 Å². The molecule has 0 aliphatic rings. The van der Waals surface area contributed by atoms with Gasteiger partial charge in [0.2, 0.25) is 0 Å². The third-order valence-corrected chi connectivity index (χ3v) is 1.86. The standard InChI is InChI=1S/C11H17NO/c1-3-7-13-11-6-4-5-10(8-11)9(2)12/h4-6,8-9H,3,7,12H2,1-2H3/t9-/m0/s1. The average molecular weight is 179 g/mol. The summed E-state index contributed by atoms with van der Waals surface area (Å²) in [5, 5.41) is 0. The van der Waals surface area contributed by atoms with Gasteiger partial charge in [-0.15, -0.1) is 0 Å². The summed E-state index contributed by atoms with van der Waals surface area (Å²) in [4.78, 5) is 0. The third-order valence-electron chi connectivity index (χ3n) is 1.86. The van der Waals surface area contributed by atoms with E-state index < -0.39 is 0 Å². The first-order chi connectivity index (χ1) is 6.24. The van der Waals surface area contributed by atoms with Gasteiger partial charge in [0.25, 0.3) is 0 Å². The van der Waals surface area contributed by atoms with Crippen LogP contribution in [0.15, 0.2) is 24.3 Å². The van der Waals surface area contributed by atoms with Crippen molar-refractivity contribution < 1.29 is 4.74 Å². The summed E-state index contributed by atoms with van der Waals surface area (Å²) in [5.74, 6) is 0.914. The summed E-state index contributed by atoms with van der Waals surface area (Å²) in [7, 11) is 0. The predicted octanol–water partition coefficient (Wildman–Crippen LogP) is 2.50. The molecule has 0 spiro atoms. The molecule has 0 aliphatic heterocycles. The van der Waals surface area contributed by atoms with Crippen LogP contribution in [0.5, 0.6) is 5.75 Å². The highest BCUT2D eigenvalue weighted by Gasteiger charge is 2.00. The zero-order chi connectivity index (χ0) is 9.68. The topological polar surface area (TPSA) is 35.2 Å². The van der Waals surface area contributed by atoms with Crippen molar-refractivity contribution in [2.24, 2.45) is 5.73 Å². The van der Waals surface area contributed by atoms with Gasteiger partial charge in [-0.1, -0.05) is 19.1 Å². The maximum absolute atomic E-state index is 5.76. The second-order valence-electron chi connectivity index (χ2n) is 3.21. The van der Waals surface area contributed by atoms with Crippen molar-refractivity contribution in [2.75, 3.05) is 6.61 Å². The largest absolute Gasteiger partial charge is 0.494 e. The van der Waals surface area contributed by atoms with Crippen LogP contribution in [0.2, 0.25) is 0 Å². The predicted molar refractivity (Wildman–Crippen MR) is 54.8 cm³/mol. The molecular weight excluding hydrogens is 162 g/mol. The first-order valence-electron chi connectivity index (χ1n) is 4.72. The van der Waals surface area contributed by atoms with Gasteiger partial charge in [0.1, 0.15) is 5.75 Å². The Morgan fingerprint density at radius 3 is 2.85 bits per heavy atom. The van der Waals surface area contributed by atoms with Crippen molar-refractivity contribution in [3.63, 3.8) is 0 Å². The Balaban J connectivity index is 2.68. The highest BCUT2D eigenvalue weighted by atomic mass is 16.5. The summed E-state index contributed by atoms with van der Waals surface area (Å²) in [6.07, 6.45) is 1.03. The Hall–Kier alpha value is -1.02. The lowest BCUT2D eigenvalue weighted by Gasteiger charge is -2.08. The van der Waals surface area contributed by atoms with Crippen molar-refractivity contribution in [1.82, 2.24) is 0 Å². The van der Waals surface area contributed by atoms with Crippen molar-refractivity contribution in [3.05, 3.63) is 29.8 Å². The molecule has 1 atom stereocenters. The van der Waals surface area contributed by atoms with Gasteiger partial charge in [-0.05, 0) is 31.0 Å². The van der Waals surface area contributed by atoms with E-state index in [2.05, 4.69) is 6.92 Å². The minimum atomic E-state index is 0.0742. The molecule has 2 N–H and O–H groups in total. The van der Waals surface area contributed by atoms with Gasteiger partial charge in [-0.2, -0.15) is 0 Å². The van der Waals surface area contributed by atoms with E-state index in [4.69, 9.17) is 10.5 Å². The van der Waals surface area contributed by atoms with Crippen LogP contribution in [0.4, 0.5) is 0 Å². The van der Waals surface area contributed by atoms with Gasteiger partial charge in [-0.3, -0.25) is 0 Å². The Kier molecular flexibility index (Phi) is 3.77. The smallest absolute Gasteiger partial charge is 0.119 e. The second kappa shape index (κ2) is 4.87. The number of hydrogen-bond donors (Lipinski definition) is 1. The number of benzene rings is 1. The fourth-order valence-electron chi connectivity index (χ4n) is 1.11. The van der Waals surface area contributed by atoms with Gasteiger partial charge in [-0.25, -0.2) is 0 Å². The molecule has 0 saturated carbocycles. The molecule has 72 valence electrons. The molecule has 0 saturated heterocycles. The minimum Gasteiger partial charge on any atom is -0.494 e. The van der Waals surface area contributed by atoms with E-state index in [9.17, 15) is 0 Å². The molecule has 0 radical (unpaired) electrons. The van der Waals surface area contributed by atoms with E-state index in [1.165, 1.54) is 0 Å². The molecule has 2 heteroatoms. The Labute approximate surface area is 79.7 Å². The fourth-order valence-corrected chi connectivity index (χ4v) is 1.11. The summed E-state index contributed by atoms with van der Waals surface area (Å²) in [6.45, 7) is 4.83. The van der Waals surface area contributed by atoms with Crippen LogP contribution in [0.1, 0.15) is 31.9 Å². The molecule has 1 rings (SSSR count). The van der Waals surface area contributed by atoms with Crippen LogP contribution in [-0.2, 0) is 0 Å². The van der Waals surface area contributed by atoms with Gasteiger partial charge in [0.15, 0.2) is 0 Å². The summed E-state index contributed by atoms with van der Waals surface area (Å²) in [6, 6.07) is 8.03. The average Bonchev–Trinajstić information content (AvgIpc) is 2.15. The number of ether oxygens (including phenoxy) is 1. The molecule has 0 amide bonds. The maximum atomic E-state index is 5.76. The molecule has 1 aromatic rings. The number of hydrogen-bond acceptors (Lipinski definition) is 2. The maximum Gasteiger partial charge on any atom is 0.119 e. The Bertz CT molecular complexity index is 258. The lowest BCUT2D eigenvalue weighted by atomic mass is 10.1. The number of rotatable bonds is 4. The van der Waals surface area contributed by atoms with E-state index in [1.807, 2.05) is 31.2 Å². The van der Waals surface area contributed by atoms with Crippen LogP contribution >= 0.6 is 0 Å². The van der Waals surface area contributed by atoms with Crippen molar-refractivity contribution in [3.8, 4) is 5.75 Å². The Morgan fingerprint density at radius 2 is 2.23 bits per heavy atom. The molecular formula is C11H17NO. The lowest BCUT2D eigenvalue weighted by molar-refractivity contribution is 0.317. The lowest BCUT2D eigenvalue weighted by Crippen LogP contribution is -2.05. The second-order valence-corrected chi connectivity index (χ2v) is 3.21. The van der Waals surface area contributed by atoms with Gasteiger partial charge in [0.05, 0.1) is 6.61 Å². The van der Waals surface area contributed by atoms with Crippen molar-refractivity contribution in [2.45, 2.75) is 26.3 Å². The third kappa shape index (κ3) is 3.07. The van der Waals surface area contributed by atoms with E-state index in [0.717, 1.165) is 24.3 Å². The van der Waals surface area contributed by atoms with Gasteiger partial charge >= 0.3 is 0 Å². The minimum absolute atomic E-state index is 0.0742. The molecule has 0 aromatic heterocycles. The summed E-state index contributed by atoms with van der Waals surface area (Å²) in [5.41, 5.74) is 6.87. The normalized spacial score (nSPS) is 12.5. The zero-order valence-electron chi connectivity index (χ0n) is 8.29. The molecule has 0 aliphatic carbocycles. The molecule has 0 fully saturated rings. The van der Waals surface area contributed by atoms with E-state index in [1.54, 1.807) is 0 Å². The van der Waals surface area contributed by atoms with E-state index in [-0.39, 0.29) is 6.04 Å². The highest BCUT2D eigenvalue weighted by molar-refractivity contribution is 5.30. The molecule has 0 heterocycles. The van der Waals surface area contributed by atoms with E-state index in [0.29, 0.717) is 0 Å². The quantitative estimate of drug-likeness (QED) is 0.770. The summed E-state index contributed by atoms with van der Waals surface area (Å²) >= 11 is 0. The van der Waals surface area contributed by atoms with Gasteiger partial charge in [0, 0.05) is 6.04 Å². The highest BCUT2D eigenvalue weighted by Crippen LogP contribution is 2.17. The Morgan fingerprint density at radius 1 is 1.46 bits per heavy atom. The fraction of sp³-hybridized carbons (Fsp3) is 0.455. The zero-order valence-corrected chi connectivity index (χ0v) is 8.29. The number of nitrogens with two attached hydrogens (primary N) is 1. The molecule has 0 unspecified atom stereocenters. The van der Waals surface area contributed by atoms with Crippen LogP contribution in [0.25, 0.3) is 0 Å². The molecule has 13 heavy (non-hydrogen) atoms. The molecule has 0 bridgehead atoms. The van der Waals surface area contributed by atoms with Crippen LogP contribution in [0, 0.1) is 0 Å². The monoisotopic (exact) mass is 179 g/mol. The van der Waals surface area contributed by atoms with Gasteiger partial charge < -0.3 is 10.5 Å². The molecule has 2 nitrogen and oxygen atoms in total. The summed E-state index contributed by atoms with van der Waals surface area (Å²) < 4.78 is 5.49.